The monoisotopic (exact) mass is 359 g/mol. The lowest BCUT2D eigenvalue weighted by Gasteiger charge is -2.19. The van der Waals surface area contributed by atoms with Crippen LogP contribution in [0, 0.1) is 0 Å². The first kappa shape index (κ1) is 18.6. The lowest BCUT2D eigenvalue weighted by atomic mass is 9.87. The van der Waals surface area contributed by atoms with E-state index in [1.54, 1.807) is 24.3 Å². The maximum Gasteiger partial charge on any atom is 0.259 e. The van der Waals surface area contributed by atoms with Crippen molar-refractivity contribution in [3.63, 3.8) is 0 Å². The number of benzene rings is 2. The molecule has 0 atom stereocenters. The third kappa shape index (κ3) is 4.53. The molecule has 0 fully saturated rings. The number of rotatable bonds is 4. The van der Waals surface area contributed by atoms with E-state index < -0.39 is 0 Å². The van der Waals surface area contributed by atoms with E-state index in [2.05, 4.69) is 43.2 Å². The van der Waals surface area contributed by atoms with Crippen LogP contribution in [-0.4, -0.2) is 17.9 Å². The Balaban J connectivity index is 1.76. The molecule has 1 N–H and O–H groups in total. The van der Waals surface area contributed by atoms with Crippen molar-refractivity contribution < 1.29 is 4.79 Å². The molecule has 1 heterocycles. The summed E-state index contributed by atoms with van der Waals surface area (Å²) in [5, 5.41) is 3.32. The quantitative estimate of drug-likeness (QED) is 0.678. The molecule has 138 valence electrons. The number of pyridine rings is 1. The number of carbonyl (C=O) groups is 1. The van der Waals surface area contributed by atoms with Gasteiger partial charge >= 0.3 is 0 Å². The molecule has 27 heavy (non-hydrogen) atoms. The number of nitrogens with zero attached hydrogens (tertiary/aromatic N) is 2. The number of nitrogens with one attached hydrogen (secondary N) is 1. The smallest absolute Gasteiger partial charge is 0.259 e. The molecule has 3 rings (SSSR count). The molecule has 0 aliphatic rings. The van der Waals surface area contributed by atoms with Crippen LogP contribution >= 0.6 is 0 Å². The number of aromatic nitrogens is 1. The van der Waals surface area contributed by atoms with Crippen LogP contribution in [0.4, 0.5) is 17.1 Å². The molecule has 0 spiro atoms. The van der Waals surface area contributed by atoms with Gasteiger partial charge < -0.3 is 10.2 Å². The Bertz CT molecular complexity index is 912. The van der Waals surface area contributed by atoms with Crippen molar-refractivity contribution >= 4 is 23.0 Å². The van der Waals surface area contributed by atoms with Gasteiger partial charge in [-0.2, -0.15) is 0 Å². The van der Waals surface area contributed by atoms with E-state index in [0.29, 0.717) is 5.56 Å². The first-order chi connectivity index (χ1) is 12.8. The topological polar surface area (TPSA) is 45.2 Å². The van der Waals surface area contributed by atoms with Gasteiger partial charge in [-0.3, -0.25) is 9.78 Å². The molecule has 0 unspecified atom stereocenters. The summed E-state index contributed by atoms with van der Waals surface area (Å²) in [4.78, 5) is 18.6. The van der Waals surface area contributed by atoms with Gasteiger partial charge in [-0.1, -0.05) is 51.1 Å². The molecule has 0 radical (unpaired) electrons. The second-order valence-corrected chi connectivity index (χ2v) is 7.61. The van der Waals surface area contributed by atoms with Crippen molar-refractivity contribution in [2.45, 2.75) is 26.2 Å². The van der Waals surface area contributed by atoms with Crippen LogP contribution < -0.4 is 10.2 Å². The molecule has 3 aromatic rings. The highest BCUT2D eigenvalue weighted by Gasteiger charge is 2.15. The first-order valence-corrected chi connectivity index (χ1v) is 9.00. The lowest BCUT2D eigenvalue weighted by Crippen LogP contribution is -2.26. The maximum atomic E-state index is 12.8. The highest BCUT2D eigenvalue weighted by molar-refractivity contribution is 6.06. The molecule has 2 aromatic carbocycles. The summed E-state index contributed by atoms with van der Waals surface area (Å²) in [5.74, 6) is -0.0968. The van der Waals surface area contributed by atoms with E-state index in [1.807, 2.05) is 48.5 Å². The SMILES string of the molecule is CN(C(=O)c1cncc(Nc2ccc(C(C)(C)C)cc2)c1)c1ccccc1. The first-order valence-electron chi connectivity index (χ1n) is 9.00. The standard InChI is InChI=1S/C23H25N3O/c1-23(2,3)18-10-12-19(13-11-18)25-20-14-17(15-24-16-20)22(27)26(4)21-8-6-5-7-9-21/h5-16,25H,1-4H3. The molecule has 1 aromatic heterocycles. The van der Waals surface area contributed by atoms with Crippen LogP contribution in [0.3, 0.4) is 0 Å². The molecule has 4 nitrogen and oxygen atoms in total. The number of hydrogen-bond acceptors (Lipinski definition) is 3. The highest BCUT2D eigenvalue weighted by Crippen LogP contribution is 2.25. The van der Waals surface area contributed by atoms with Gasteiger partial charge in [0.2, 0.25) is 0 Å². The molecule has 1 amide bonds. The third-order valence-corrected chi connectivity index (χ3v) is 4.47. The van der Waals surface area contributed by atoms with Gasteiger partial charge in [0.1, 0.15) is 0 Å². The summed E-state index contributed by atoms with van der Waals surface area (Å²) in [7, 11) is 1.77. The molecule has 4 heteroatoms. The van der Waals surface area contributed by atoms with E-state index >= 15 is 0 Å². The average Bonchev–Trinajstić information content (AvgIpc) is 2.67. The molecular weight excluding hydrogens is 334 g/mol. The average molecular weight is 359 g/mol. The number of para-hydroxylation sites is 1. The van der Waals surface area contributed by atoms with Crippen LogP contribution in [0.25, 0.3) is 0 Å². The van der Waals surface area contributed by atoms with Gasteiger partial charge in [-0.15, -0.1) is 0 Å². The zero-order valence-corrected chi connectivity index (χ0v) is 16.2. The van der Waals surface area contributed by atoms with Crippen molar-refractivity contribution in [2.24, 2.45) is 0 Å². The predicted octanol–water partition coefficient (Wildman–Crippen LogP) is 5.40. The highest BCUT2D eigenvalue weighted by atomic mass is 16.2. The largest absolute Gasteiger partial charge is 0.354 e. The summed E-state index contributed by atoms with van der Waals surface area (Å²) in [5.41, 5.74) is 4.53. The van der Waals surface area contributed by atoms with Crippen molar-refractivity contribution in [3.8, 4) is 0 Å². The van der Waals surface area contributed by atoms with Gasteiger partial charge in [0.25, 0.3) is 5.91 Å². The van der Waals surface area contributed by atoms with Crippen LogP contribution in [0.5, 0.6) is 0 Å². The minimum atomic E-state index is -0.0968. The van der Waals surface area contributed by atoms with Crippen molar-refractivity contribution in [2.75, 3.05) is 17.3 Å². The summed E-state index contributed by atoms with van der Waals surface area (Å²) < 4.78 is 0. The summed E-state index contributed by atoms with van der Waals surface area (Å²) >= 11 is 0. The number of carbonyl (C=O) groups excluding carboxylic acids is 1. The van der Waals surface area contributed by atoms with E-state index in [1.165, 1.54) is 5.56 Å². The van der Waals surface area contributed by atoms with Crippen molar-refractivity contribution in [3.05, 3.63) is 84.2 Å². The third-order valence-electron chi connectivity index (χ3n) is 4.47. The predicted molar refractivity (Wildman–Crippen MR) is 112 cm³/mol. The van der Waals surface area contributed by atoms with Crippen LogP contribution in [0.2, 0.25) is 0 Å². The number of hydrogen-bond donors (Lipinski definition) is 1. The fraction of sp³-hybridized carbons (Fsp3) is 0.217. The van der Waals surface area contributed by atoms with Crippen molar-refractivity contribution in [1.29, 1.82) is 0 Å². The second-order valence-electron chi connectivity index (χ2n) is 7.61. The molecular formula is C23H25N3O. The fourth-order valence-corrected chi connectivity index (χ4v) is 2.81. The summed E-state index contributed by atoms with van der Waals surface area (Å²) in [6.45, 7) is 6.58. The zero-order valence-electron chi connectivity index (χ0n) is 16.2. The van der Waals surface area contributed by atoms with Gasteiger partial charge in [0.15, 0.2) is 0 Å². The van der Waals surface area contributed by atoms with Gasteiger partial charge in [-0.05, 0) is 41.3 Å². The Morgan fingerprint density at radius 2 is 1.59 bits per heavy atom. The second kappa shape index (κ2) is 7.62. The maximum absolute atomic E-state index is 12.8. The van der Waals surface area contributed by atoms with E-state index in [4.69, 9.17) is 0 Å². The van der Waals surface area contributed by atoms with Crippen molar-refractivity contribution in [1.82, 2.24) is 4.98 Å². The Hall–Kier alpha value is -3.14. The Morgan fingerprint density at radius 3 is 2.22 bits per heavy atom. The van der Waals surface area contributed by atoms with E-state index in [-0.39, 0.29) is 11.3 Å². The normalized spacial score (nSPS) is 11.1. The molecule has 0 aliphatic heterocycles. The van der Waals surface area contributed by atoms with Crippen LogP contribution in [-0.2, 0) is 5.41 Å². The number of anilines is 3. The van der Waals surface area contributed by atoms with E-state index in [9.17, 15) is 4.79 Å². The van der Waals surface area contributed by atoms with Gasteiger partial charge in [-0.25, -0.2) is 0 Å². The lowest BCUT2D eigenvalue weighted by molar-refractivity contribution is 0.0992. The molecule has 0 saturated heterocycles. The zero-order chi connectivity index (χ0) is 19.4. The Labute approximate surface area is 160 Å². The van der Waals surface area contributed by atoms with Gasteiger partial charge in [0, 0.05) is 24.6 Å². The number of amides is 1. The molecule has 0 saturated carbocycles. The Morgan fingerprint density at radius 1 is 0.926 bits per heavy atom. The van der Waals surface area contributed by atoms with E-state index in [0.717, 1.165) is 17.1 Å². The minimum Gasteiger partial charge on any atom is -0.354 e. The van der Waals surface area contributed by atoms with Crippen LogP contribution in [0.1, 0.15) is 36.7 Å². The molecule has 0 bridgehead atoms. The summed E-state index contributed by atoms with van der Waals surface area (Å²) in [6.07, 6.45) is 3.31. The van der Waals surface area contributed by atoms with Gasteiger partial charge in [0.05, 0.1) is 17.4 Å². The van der Waals surface area contributed by atoms with Crippen LogP contribution in [0.15, 0.2) is 73.1 Å². The summed E-state index contributed by atoms with van der Waals surface area (Å²) in [6, 6.07) is 19.7. The Kier molecular flexibility index (Phi) is 5.26. The minimum absolute atomic E-state index is 0.0968. The molecule has 0 aliphatic carbocycles. The fourth-order valence-electron chi connectivity index (χ4n) is 2.81.